The van der Waals surface area contributed by atoms with Crippen LogP contribution in [-0.4, -0.2) is 72.0 Å². The van der Waals surface area contributed by atoms with Crippen molar-refractivity contribution in [2.75, 3.05) is 45.4 Å². The summed E-state index contributed by atoms with van der Waals surface area (Å²) in [4.78, 5) is 32.2. The summed E-state index contributed by atoms with van der Waals surface area (Å²) in [5.74, 6) is 1.18. The van der Waals surface area contributed by atoms with E-state index in [1.807, 2.05) is 19.1 Å². The van der Waals surface area contributed by atoms with E-state index in [9.17, 15) is 4.79 Å². The van der Waals surface area contributed by atoms with E-state index in [0.29, 0.717) is 47.5 Å². The molecule has 12 nitrogen and oxygen atoms in total. The van der Waals surface area contributed by atoms with E-state index in [4.69, 9.17) is 19.9 Å². The number of morpholine rings is 1. The van der Waals surface area contributed by atoms with Crippen molar-refractivity contribution in [2.24, 2.45) is 0 Å². The molecular weight excluding hydrogens is 474 g/mol. The van der Waals surface area contributed by atoms with Crippen molar-refractivity contribution in [1.82, 2.24) is 35.9 Å². The Kier molecular flexibility index (Phi) is 6.73. The smallest absolute Gasteiger partial charge is 0.261 e. The molecule has 4 heterocycles. The Hall–Kier alpha value is -4.45. The van der Waals surface area contributed by atoms with Gasteiger partial charge in [-0.2, -0.15) is 0 Å². The molecule has 12 heteroatoms. The Balaban J connectivity index is 1.61. The van der Waals surface area contributed by atoms with Crippen LogP contribution in [0.4, 0.5) is 5.69 Å². The summed E-state index contributed by atoms with van der Waals surface area (Å²) in [7, 11) is 3.33. The molecule has 2 aliphatic rings. The minimum atomic E-state index is -0.388. The number of amides is 1. The lowest BCUT2D eigenvalue weighted by molar-refractivity contribution is -0.115. The molecule has 192 valence electrons. The number of methoxy groups -OCH3 is 1. The van der Waals surface area contributed by atoms with Gasteiger partial charge in [0.25, 0.3) is 5.91 Å². The number of imidazole rings is 1. The molecule has 1 aromatic carbocycles. The number of carbonyl (C=O) groups is 1. The third kappa shape index (κ3) is 4.70. The Morgan fingerprint density at radius 2 is 2.00 bits per heavy atom. The van der Waals surface area contributed by atoms with Crippen LogP contribution in [0.25, 0.3) is 16.6 Å². The van der Waals surface area contributed by atoms with E-state index >= 15 is 0 Å². The molecule has 2 aliphatic heterocycles. The maximum atomic E-state index is 13.4. The van der Waals surface area contributed by atoms with Crippen molar-refractivity contribution >= 4 is 33.9 Å². The van der Waals surface area contributed by atoms with E-state index in [0.717, 1.165) is 24.3 Å². The summed E-state index contributed by atoms with van der Waals surface area (Å²) in [6.45, 7) is 4.67. The Morgan fingerprint density at radius 1 is 1.24 bits per heavy atom. The summed E-state index contributed by atoms with van der Waals surface area (Å²) in [6, 6.07) is 5.19. The molecule has 0 aliphatic carbocycles. The zero-order valence-corrected chi connectivity index (χ0v) is 20.9. The van der Waals surface area contributed by atoms with Gasteiger partial charge in [-0.25, -0.2) is 15.0 Å². The lowest BCUT2D eigenvalue weighted by atomic mass is 10.0. The third-order valence-corrected chi connectivity index (χ3v) is 6.24. The molecular formula is C25H29N9O3. The third-order valence-electron chi connectivity index (χ3n) is 6.24. The molecule has 2 aromatic heterocycles. The zero-order chi connectivity index (χ0) is 25.9. The molecule has 1 saturated heterocycles. The van der Waals surface area contributed by atoms with Crippen molar-refractivity contribution in [2.45, 2.75) is 13.0 Å². The van der Waals surface area contributed by atoms with Crippen LogP contribution in [0.5, 0.6) is 5.75 Å². The summed E-state index contributed by atoms with van der Waals surface area (Å²) < 4.78 is 11.2. The van der Waals surface area contributed by atoms with Crippen molar-refractivity contribution in [1.29, 1.82) is 5.41 Å². The molecule has 0 bridgehead atoms. The lowest BCUT2D eigenvalue weighted by Crippen LogP contribution is -2.41. The average molecular weight is 504 g/mol. The number of H-pyrrole nitrogens is 1. The number of rotatable bonds is 7. The Bertz CT molecular complexity index is 1390. The van der Waals surface area contributed by atoms with Crippen molar-refractivity contribution < 1.29 is 14.3 Å². The van der Waals surface area contributed by atoms with Crippen LogP contribution in [0.1, 0.15) is 24.6 Å². The number of nitrogens with one attached hydrogen (secondary N) is 5. The normalized spacial score (nSPS) is 18.2. The number of fused-ring (bicyclic) bond motifs is 1. The van der Waals surface area contributed by atoms with Gasteiger partial charge in [0.05, 0.1) is 54.5 Å². The summed E-state index contributed by atoms with van der Waals surface area (Å²) in [5.41, 5.74) is 3.32. The molecule has 1 unspecified atom stereocenters. The highest BCUT2D eigenvalue weighted by Crippen LogP contribution is 2.34. The topological polar surface area (TPSA) is 153 Å². The first-order valence-corrected chi connectivity index (χ1v) is 12.0. The monoisotopic (exact) mass is 503 g/mol. The van der Waals surface area contributed by atoms with E-state index in [1.54, 1.807) is 38.8 Å². The molecule has 0 radical (unpaired) electrons. The quantitative estimate of drug-likeness (QED) is 0.323. The van der Waals surface area contributed by atoms with Gasteiger partial charge in [-0.3, -0.25) is 10.2 Å². The first kappa shape index (κ1) is 24.3. The molecule has 0 saturated carbocycles. The van der Waals surface area contributed by atoms with E-state index < -0.39 is 0 Å². The number of carbonyl (C=O) groups excluding carboxylic acids is 1. The molecule has 37 heavy (non-hydrogen) atoms. The molecule has 3 aromatic rings. The number of anilines is 1. The molecule has 1 fully saturated rings. The number of aromatic amines is 1. The average Bonchev–Trinajstić information content (AvgIpc) is 3.34. The van der Waals surface area contributed by atoms with Crippen LogP contribution in [0.2, 0.25) is 0 Å². The van der Waals surface area contributed by atoms with Gasteiger partial charge in [-0.1, -0.05) is 0 Å². The maximum absolute atomic E-state index is 13.4. The van der Waals surface area contributed by atoms with E-state index in [1.165, 1.54) is 0 Å². The fourth-order valence-corrected chi connectivity index (χ4v) is 4.42. The fourth-order valence-electron chi connectivity index (χ4n) is 4.42. The predicted octanol–water partition coefficient (Wildman–Crippen LogP) is 1.47. The largest absolute Gasteiger partial charge is 0.495 e. The summed E-state index contributed by atoms with van der Waals surface area (Å²) >= 11 is 0. The second kappa shape index (κ2) is 10.3. The molecule has 1 atom stereocenters. The minimum Gasteiger partial charge on any atom is -0.495 e. The van der Waals surface area contributed by atoms with Gasteiger partial charge in [0.15, 0.2) is 0 Å². The van der Waals surface area contributed by atoms with Crippen molar-refractivity contribution in [3.05, 3.63) is 59.8 Å². The second-order valence-electron chi connectivity index (χ2n) is 8.62. The number of ether oxygens (including phenoxy) is 2. The van der Waals surface area contributed by atoms with Gasteiger partial charge in [0.1, 0.15) is 28.7 Å². The highest BCUT2D eigenvalue weighted by atomic mass is 16.5. The highest BCUT2D eigenvalue weighted by molar-refractivity contribution is 6.33. The van der Waals surface area contributed by atoms with Crippen LogP contribution < -0.4 is 25.6 Å². The number of benzene rings is 1. The van der Waals surface area contributed by atoms with Crippen LogP contribution >= 0.6 is 0 Å². The zero-order valence-electron chi connectivity index (χ0n) is 20.9. The number of hydrogen-bond acceptors (Lipinski definition) is 10. The van der Waals surface area contributed by atoms with Crippen LogP contribution in [0.15, 0.2) is 48.2 Å². The van der Waals surface area contributed by atoms with Gasteiger partial charge in [-0.15, -0.1) is 0 Å². The Morgan fingerprint density at radius 3 is 2.70 bits per heavy atom. The summed E-state index contributed by atoms with van der Waals surface area (Å²) in [5, 5.41) is 17.8. The van der Waals surface area contributed by atoms with Crippen molar-refractivity contribution in [3.8, 4) is 5.75 Å². The highest BCUT2D eigenvalue weighted by Gasteiger charge is 2.32. The summed E-state index contributed by atoms with van der Waals surface area (Å²) in [6.07, 6.45) is 4.87. The lowest BCUT2D eigenvalue weighted by Gasteiger charge is -2.30. The SMILES string of the molecule is CN/C=C1/NC(=O)C(c2nc3cc(OC)c(N4CCOCC4)cc3[nH]2)=C(NC(C)c2ncccn2)C1=N. The molecule has 1 amide bonds. The van der Waals surface area contributed by atoms with Gasteiger partial charge < -0.3 is 35.3 Å². The molecule has 5 rings (SSSR count). The van der Waals surface area contributed by atoms with Crippen LogP contribution in [0.3, 0.4) is 0 Å². The van der Waals surface area contributed by atoms with Gasteiger partial charge in [0.2, 0.25) is 0 Å². The first-order chi connectivity index (χ1) is 18.0. The number of aromatic nitrogens is 4. The van der Waals surface area contributed by atoms with Gasteiger partial charge in [0, 0.05) is 44.8 Å². The van der Waals surface area contributed by atoms with Crippen molar-refractivity contribution in [3.63, 3.8) is 0 Å². The number of nitrogens with zero attached hydrogens (tertiary/aromatic N) is 4. The molecule has 0 spiro atoms. The fraction of sp³-hybridized carbons (Fsp3) is 0.320. The van der Waals surface area contributed by atoms with E-state index in [-0.39, 0.29) is 23.2 Å². The van der Waals surface area contributed by atoms with Crippen LogP contribution in [0, 0.1) is 5.41 Å². The molecule has 5 N–H and O–H groups in total. The van der Waals surface area contributed by atoms with Gasteiger partial charge >= 0.3 is 0 Å². The van der Waals surface area contributed by atoms with E-state index in [2.05, 4.69) is 35.8 Å². The standard InChI is InChI=1S/C25H29N9O3/c1-14(23-28-5-4-6-29-23)30-22-20(25(35)33-17(13-27-2)21(22)26)24-31-15-11-18(34-7-9-37-10-8-34)19(36-3)12-16(15)32-24/h4-6,11-14,26-27,30H,7-10H2,1-3H3,(H,31,32)(H,33,35)/b17-13+,26-21?. The predicted molar refractivity (Wildman–Crippen MR) is 139 cm³/mol. The minimum absolute atomic E-state index is 0.110. The first-order valence-electron chi connectivity index (χ1n) is 12.0. The second-order valence-corrected chi connectivity index (χ2v) is 8.62. The Labute approximate surface area is 213 Å². The van der Waals surface area contributed by atoms with Gasteiger partial charge in [-0.05, 0) is 19.1 Å². The maximum Gasteiger partial charge on any atom is 0.261 e. The van der Waals surface area contributed by atoms with Crippen LogP contribution in [-0.2, 0) is 9.53 Å². The number of hydrogen-bond donors (Lipinski definition) is 5.